The van der Waals surface area contributed by atoms with Gasteiger partial charge in [-0.05, 0) is 44.9 Å². The van der Waals surface area contributed by atoms with E-state index in [0.717, 1.165) is 12.8 Å². The summed E-state index contributed by atoms with van der Waals surface area (Å²) < 4.78 is 12.1. The molecule has 1 atom stereocenters. The van der Waals surface area contributed by atoms with Gasteiger partial charge in [0.2, 0.25) is 5.34 Å². The highest BCUT2D eigenvalue weighted by atomic mass is 31.2. The minimum absolute atomic E-state index is 0.0611. The molecule has 0 rings (SSSR count). The average molecular weight is 517 g/mol. The lowest BCUT2D eigenvalue weighted by molar-refractivity contribution is -0.875. The van der Waals surface area contributed by atoms with Gasteiger partial charge in [0.1, 0.15) is 6.54 Å². The van der Waals surface area contributed by atoms with E-state index < -0.39 is 12.9 Å². The summed E-state index contributed by atoms with van der Waals surface area (Å²) in [5, 5.41) is 8.66. The van der Waals surface area contributed by atoms with Crippen LogP contribution in [0.2, 0.25) is 0 Å². The van der Waals surface area contributed by atoms with Gasteiger partial charge in [-0.2, -0.15) is 0 Å². The third-order valence-electron chi connectivity index (χ3n) is 6.51. The Labute approximate surface area is 217 Å². The summed E-state index contributed by atoms with van der Waals surface area (Å²) in [6, 6.07) is 0. The van der Waals surface area contributed by atoms with Crippen molar-refractivity contribution >= 4 is 7.60 Å². The Morgan fingerprint density at radius 2 is 1.00 bits per heavy atom. The average Bonchev–Trinajstić information content (AvgIpc) is 2.75. The second-order valence-electron chi connectivity index (χ2n) is 11.4. The molecule has 6 heteroatoms. The molecule has 0 aromatic rings. The maximum absolute atomic E-state index is 11.8. The van der Waals surface area contributed by atoms with Crippen molar-refractivity contribution in [2.45, 2.75) is 134 Å². The van der Waals surface area contributed by atoms with Gasteiger partial charge in [0.25, 0.3) is 0 Å². The van der Waals surface area contributed by atoms with Crippen LogP contribution in [0.5, 0.6) is 0 Å². The molecule has 0 radical (unpaired) electrons. The molecule has 0 fully saturated rings. The minimum atomic E-state index is -4.55. The molecule has 0 bridgehead atoms. The maximum atomic E-state index is 11.8. The van der Waals surface area contributed by atoms with Crippen LogP contribution in [0.3, 0.4) is 0 Å². The zero-order valence-electron chi connectivity index (χ0n) is 23.6. The van der Waals surface area contributed by atoms with Crippen molar-refractivity contribution in [3.8, 4) is 0 Å². The fourth-order valence-electron chi connectivity index (χ4n) is 4.52. The molecule has 0 aliphatic heterocycles. The smallest absolute Gasteiger partial charge is 0.362 e. The molecule has 208 valence electrons. The number of allylic oxidation sites excluding steroid dienone is 4. The van der Waals surface area contributed by atoms with Crippen LogP contribution < -0.4 is 0 Å². The summed E-state index contributed by atoms with van der Waals surface area (Å²) >= 11 is 0. The summed E-state index contributed by atoms with van der Waals surface area (Å²) in [5.74, 6) is 0. The number of aliphatic hydroxyl groups is 1. The van der Waals surface area contributed by atoms with E-state index >= 15 is 0 Å². The van der Waals surface area contributed by atoms with E-state index in [4.69, 9.17) is 0 Å². The first-order valence-electron chi connectivity index (χ1n) is 14.4. The van der Waals surface area contributed by atoms with Gasteiger partial charge >= 0.3 is 7.60 Å². The van der Waals surface area contributed by atoms with Crippen LogP contribution in [0.25, 0.3) is 0 Å². The van der Waals surface area contributed by atoms with Crippen molar-refractivity contribution < 1.29 is 23.9 Å². The van der Waals surface area contributed by atoms with Crippen molar-refractivity contribution in [2.24, 2.45) is 0 Å². The minimum Gasteiger partial charge on any atom is -0.373 e. The predicted molar refractivity (Wildman–Crippen MR) is 152 cm³/mol. The molecular formula is C29H59NO4P+. The zero-order valence-corrected chi connectivity index (χ0v) is 24.5. The van der Waals surface area contributed by atoms with Gasteiger partial charge in [0.15, 0.2) is 0 Å². The van der Waals surface area contributed by atoms with E-state index in [0.29, 0.717) is 10.9 Å². The molecule has 0 aliphatic carbocycles. The first-order chi connectivity index (χ1) is 16.5. The van der Waals surface area contributed by atoms with Gasteiger partial charge in [0, 0.05) is 0 Å². The number of hydrogen-bond donors (Lipinski definition) is 3. The van der Waals surface area contributed by atoms with Gasteiger partial charge in [-0.3, -0.25) is 4.57 Å². The topological polar surface area (TPSA) is 77.8 Å². The Morgan fingerprint density at radius 1 is 0.629 bits per heavy atom. The quantitative estimate of drug-likeness (QED) is 0.0524. The number of rotatable bonds is 24. The van der Waals surface area contributed by atoms with E-state index in [-0.39, 0.29) is 13.0 Å². The van der Waals surface area contributed by atoms with Crippen LogP contribution in [0, 0.1) is 0 Å². The normalized spacial score (nSPS) is 14.8. The first kappa shape index (κ1) is 34.6. The Balaban J connectivity index is 3.52. The molecule has 0 aromatic carbocycles. The molecule has 0 saturated carbocycles. The van der Waals surface area contributed by atoms with Crippen LogP contribution in [-0.4, -0.2) is 52.4 Å². The molecule has 1 unspecified atom stereocenters. The fourth-order valence-corrected chi connectivity index (χ4v) is 5.58. The Hall–Kier alpha value is -0.450. The molecule has 0 heterocycles. The first-order valence-corrected chi connectivity index (χ1v) is 16.0. The third-order valence-corrected chi connectivity index (χ3v) is 7.96. The third kappa shape index (κ3) is 21.4. The zero-order chi connectivity index (χ0) is 26.5. The lowest BCUT2D eigenvalue weighted by Gasteiger charge is -2.35. The largest absolute Gasteiger partial charge is 0.373 e. The number of likely N-dealkylation sites (N-methyl/N-ethyl adjacent to an activating group) is 1. The van der Waals surface area contributed by atoms with Crippen molar-refractivity contribution in [1.82, 2.24) is 0 Å². The van der Waals surface area contributed by atoms with E-state index in [1.807, 2.05) is 21.1 Å². The molecule has 0 spiro atoms. The monoisotopic (exact) mass is 516 g/mol. The van der Waals surface area contributed by atoms with Gasteiger partial charge in [-0.1, -0.05) is 108 Å². The van der Waals surface area contributed by atoms with Crippen molar-refractivity contribution in [3.63, 3.8) is 0 Å². The van der Waals surface area contributed by atoms with Crippen LogP contribution in [0.15, 0.2) is 24.3 Å². The highest BCUT2D eigenvalue weighted by Gasteiger charge is 2.48. The number of nitrogens with zero attached hydrogens (tertiary/aromatic N) is 1. The summed E-state index contributed by atoms with van der Waals surface area (Å²) in [6.07, 6.45) is 31.3. The molecule has 3 N–H and O–H groups in total. The predicted octanol–water partition coefficient (Wildman–Crippen LogP) is 8.10. The van der Waals surface area contributed by atoms with Gasteiger partial charge in [-0.15, -0.1) is 0 Å². The Morgan fingerprint density at radius 3 is 1.40 bits per heavy atom. The van der Waals surface area contributed by atoms with Crippen molar-refractivity contribution in [2.75, 3.05) is 27.7 Å². The fraction of sp³-hybridized carbons (Fsp3) is 0.862. The van der Waals surface area contributed by atoms with E-state index in [2.05, 4.69) is 31.2 Å². The van der Waals surface area contributed by atoms with Crippen LogP contribution in [0.4, 0.5) is 0 Å². The van der Waals surface area contributed by atoms with Crippen molar-refractivity contribution in [1.29, 1.82) is 0 Å². The summed E-state index contributed by atoms with van der Waals surface area (Å²) in [7, 11) is 0.981. The second kappa shape index (κ2) is 20.6. The van der Waals surface area contributed by atoms with Crippen LogP contribution in [-0.2, 0) is 4.57 Å². The number of quaternary nitrogens is 1. The van der Waals surface area contributed by atoms with Crippen LogP contribution >= 0.6 is 7.60 Å². The van der Waals surface area contributed by atoms with Gasteiger partial charge < -0.3 is 19.4 Å². The van der Waals surface area contributed by atoms with Crippen molar-refractivity contribution in [3.05, 3.63) is 24.3 Å². The number of hydrogen-bond acceptors (Lipinski definition) is 2. The summed E-state index contributed by atoms with van der Waals surface area (Å²) in [4.78, 5) is 19.2. The standard InChI is InChI=1S/C29H58NO4P/c1-5-6-7-8-9-10-11-12-13-14-15-16-17-18-19-20-21-22-23-24-25-26-27-29(31,35(32,33)34)28-30(2,3)4/h7-8,11-12,31H,5-6,9-10,13-28H2,1-4H3,(H-,32,33,34)/p+1/b8-7-,12-11-. The molecular weight excluding hydrogens is 457 g/mol. The Bertz CT molecular complexity index is 594. The SMILES string of the molecule is CCC/C=C\CC/C=C\CCCCCCCCCCCCCCCC(O)(C[N+](C)(C)C)P(=O)(O)O. The lowest BCUT2D eigenvalue weighted by Crippen LogP contribution is -2.49. The molecule has 0 aliphatic rings. The second-order valence-corrected chi connectivity index (χ2v) is 13.3. The summed E-state index contributed by atoms with van der Waals surface area (Å²) in [6.45, 7) is 2.28. The molecule has 35 heavy (non-hydrogen) atoms. The summed E-state index contributed by atoms with van der Waals surface area (Å²) in [5.41, 5.74) is 0. The highest BCUT2D eigenvalue weighted by molar-refractivity contribution is 7.53. The number of unbranched alkanes of at least 4 members (excludes halogenated alkanes) is 15. The van der Waals surface area contributed by atoms with E-state index in [1.54, 1.807) is 0 Å². The maximum Gasteiger partial charge on any atom is 0.362 e. The van der Waals surface area contributed by atoms with E-state index in [1.165, 1.54) is 96.3 Å². The lowest BCUT2D eigenvalue weighted by atomic mass is 10.0. The van der Waals surface area contributed by atoms with Gasteiger partial charge in [0.05, 0.1) is 21.1 Å². The van der Waals surface area contributed by atoms with Crippen LogP contribution in [0.1, 0.15) is 129 Å². The molecule has 5 nitrogen and oxygen atoms in total. The van der Waals surface area contributed by atoms with E-state index in [9.17, 15) is 19.5 Å². The molecule has 0 aromatic heterocycles. The Kier molecular flexibility index (Phi) is 20.3. The molecule has 0 amide bonds. The molecule has 0 saturated heterocycles. The van der Waals surface area contributed by atoms with Gasteiger partial charge in [-0.25, -0.2) is 0 Å². The highest BCUT2D eigenvalue weighted by Crippen LogP contribution is 2.52.